The van der Waals surface area contributed by atoms with Crippen molar-refractivity contribution < 1.29 is 0 Å². The molecule has 1 unspecified atom stereocenters. The molecule has 2 rings (SSSR count). The quantitative estimate of drug-likeness (QED) is 0.874. The monoisotopic (exact) mass is 246 g/mol. The van der Waals surface area contributed by atoms with Gasteiger partial charge in [-0.3, -0.25) is 4.98 Å². The summed E-state index contributed by atoms with van der Waals surface area (Å²) in [6.07, 6.45) is 4.82. The number of aryl methyl sites for hydroxylation is 1. The molecule has 3 heteroatoms. The van der Waals surface area contributed by atoms with E-state index in [4.69, 9.17) is 0 Å². The van der Waals surface area contributed by atoms with Gasteiger partial charge in [0.2, 0.25) is 0 Å². The summed E-state index contributed by atoms with van der Waals surface area (Å²) < 4.78 is 0. The van der Waals surface area contributed by atoms with Gasteiger partial charge in [0, 0.05) is 22.1 Å². The molecule has 0 spiro atoms. The average Bonchev–Trinajstić information content (AvgIpc) is 2.85. The van der Waals surface area contributed by atoms with Crippen molar-refractivity contribution in [2.45, 2.75) is 26.3 Å². The van der Waals surface area contributed by atoms with Crippen molar-refractivity contribution in [1.29, 1.82) is 0 Å². The fourth-order valence-corrected chi connectivity index (χ4v) is 2.94. The maximum atomic E-state index is 4.08. The first-order chi connectivity index (χ1) is 8.35. The van der Waals surface area contributed by atoms with Crippen molar-refractivity contribution in [3.63, 3.8) is 0 Å². The van der Waals surface area contributed by atoms with Crippen LogP contribution in [0.25, 0.3) is 0 Å². The summed E-state index contributed by atoms with van der Waals surface area (Å²) >= 11 is 1.89. The fourth-order valence-electron chi connectivity index (χ4n) is 1.88. The Kier molecular flexibility index (Phi) is 4.29. The van der Waals surface area contributed by atoms with Crippen molar-refractivity contribution in [3.05, 3.63) is 52.0 Å². The Morgan fingerprint density at radius 2 is 1.94 bits per heavy atom. The van der Waals surface area contributed by atoms with Gasteiger partial charge in [0.1, 0.15) is 0 Å². The average molecular weight is 246 g/mol. The molecule has 0 saturated carbocycles. The highest BCUT2D eigenvalue weighted by molar-refractivity contribution is 7.12. The van der Waals surface area contributed by atoms with E-state index in [-0.39, 0.29) is 0 Å². The Morgan fingerprint density at radius 1 is 1.18 bits per heavy atom. The summed E-state index contributed by atoms with van der Waals surface area (Å²) in [5.74, 6) is 0. The van der Waals surface area contributed by atoms with Crippen molar-refractivity contribution in [2.75, 3.05) is 6.54 Å². The summed E-state index contributed by atoms with van der Waals surface area (Å²) in [6.45, 7) is 5.30. The van der Waals surface area contributed by atoms with Crippen LogP contribution in [0.4, 0.5) is 0 Å². The lowest BCUT2D eigenvalue weighted by Gasteiger charge is -2.16. The number of nitrogens with one attached hydrogen (secondary N) is 1. The van der Waals surface area contributed by atoms with E-state index in [9.17, 15) is 0 Å². The van der Waals surface area contributed by atoms with Crippen LogP contribution in [-0.4, -0.2) is 11.5 Å². The summed E-state index contributed by atoms with van der Waals surface area (Å²) in [4.78, 5) is 6.90. The molecule has 0 bridgehead atoms. The second kappa shape index (κ2) is 5.94. The van der Waals surface area contributed by atoms with Crippen LogP contribution in [0.15, 0.2) is 36.7 Å². The van der Waals surface area contributed by atoms with Gasteiger partial charge in [-0.15, -0.1) is 11.3 Å². The van der Waals surface area contributed by atoms with Crippen molar-refractivity contribution in [2.24, 2.45) is 0 Å². The molecule has 2 heterocycles. The van der Waals surface area contributed by atoms with Gasteiger partial charge in [-0.25, -0.2) is 0 Å². The summed E-state index contributed by atoms with van der Waals surface area (Å²) in [5, 5.41) is 3.54. The van der Waals surface area contributed by atoms with Gasteiger partial charge in [-0.2, -0.15) is 0 Å². The van der Waals surface area contributed by atoms with E-state index in [1.807, 2.05) is 23.7 Å². The third-order valence-corrected chi connectivity index (χ3v) is 4.06. The number of thiophene rings is 1. The van der Waals surface area contributed by atoms with Crippen LogP contribution in [0, 0.1) is 0 Å². The molecule has 1 atom stereocenters. The van der Waals surface area contributed by atoms with E-state index in [1.165, 1.54) is 15.3 Å². The topological polar surface area (TPSA) is 24.9 Å². The highest BCUT2D eigenvalue weighted by Gasteiger charge is 2.14. The standard InChI is InChI=1S/C14H18N2S/c1-3-12-5-6-13(17-12)14(16-4-2)11-7-9-15-10-8-11/h5-10,14,16H,3-4H2,1-2H3. The van der Waals surface area contributed by atoms with Gasteiger partial charge in [0.05, 0.1) is 6.04 Å². The maximum Gasteiger partial charge on any atom is 0.0672 e. The molecule has 0 aliphatic rings. The summed E-state index contributed by atoms with van der Waals surface area (Å²) in [7, 11) is 0. The van der Waals surface area contributed by atoms with Gasteiger partial charge < -0.3 is 5.32 Å². The van der Waals surface area contributed by atoms with Crippen molar-refractivity contribution in [3.8, 4) is 0 Å². The molecular formula is C14H18N2S. The fraction of sp³-hybridized carbons (Fsp3) is 0.357. The molecule has 0 saturated heterocycles. The molecule has 0 radical (unpaired) electrons. The third kappa shape index (κ3) is 2.93. The molecule has 0 aliphatic heterocycles. The third-order valence-electron chi connectivity index (χ3n) is 2.76. The summed E-state index contributed by atoms with van der Waals surface area (Å²) in [5.41, 5.74) is 1.28. The largest absolute Gasteiger partial charge is 0.306 e. The predicted octanol–water partition coefficient (Wildman–Crippen LogP) is 3.40. The van der Waals surface area contributed by atoms with Crippen LogP contribution < -0.4 is 5.32 Å². The van der Waals surface area contributed by atoms with Crippen LogP contribution in [0.2, 0.25) is 0 Å². The Morgan fingerprint density at radius 3 is 2.53 bits per heavy atom. The van der Waals surface area contributed by atoms with Crippen LogP contribution in [0.1, 0.15) is 35.2 Å². The number of aromatic nitrogens is 1. The van der Waals surface area contributed by atoms with Crippen LogP contribution >= 0.6 is 11.3 Å². The van der Waals surface area contributed by atoms with Gasteiger partial charge in [-0.05, 0) is 42.8 Å². The molecular weight excluding hydrogens is 228 g/mol. The van der Waals surface area contributed by atoms with Crippen molar-refractivity contribution >= 4 is 11.3 Å². The SMILES string of the molecule is CCNC(c1ccncc1)c1ccc(CC)s1. The molecule has 0 fully saturated rings. The second-order valence-corrected chi connectivity index (χ2v) is 5.13. The molecule has 2 aromatic rings. The van der Waals surface area contributed by atoms with E-state index in [1.54, 1.807) is 0 Å². The Balaban J connectivity index is 2.28. The highest BCUT2D eigenvalue weighted by atomic mass is 32.1. The lowest BCUT2D eigenvalue weighted by molar-refractivity contribution is 0.639. The molecule has 0 aliphatic carbocycles. The predicted molar refractivity (Wildman–Crippen MR) is 73.5 cm³/mol. The Hall–Kier alpha value is -1.19. The number of pyridine rings is 1. The smallest absolute Gasteiger partial charge is 0.0672 e. The zero-order valence-electron chi connectivity index (χ0n) is 10.3. The lowest BCUT2D eigenvalue weighted by atomic mass is 10.1. The minimum atomic E-state index is 0.299. The molecule has 90 valence electrons. The zero-order chi connectivity index (χ0) is 12.1. The van der Waals surface area contributed by atoms with E-state index in [2.05, 4.69) is 48.4 Å². The minimum Gasteiger partial charge on any atom is -0.306 e. The van der Waals surface area contributed by atoms with Crippen LogP contribution in [-0.2, 0) is 6.42 Å². The zero-order valence-corrected chi connectivity index (χ0v) is 11.1. The van der Waals surface area contributed by atoms with Crippen LogP contribution in [0.3, 0.4) is 0 Å². The van der Waals surface area contributed by atoms with E-state index in [0.29, 0.717) is 6.04 Å². The van der Waals surface area contributed by atoms with E-state index >= 15 is 0 Å². The Labute approximate surface area is 107 Å². The Bertz CT molecular complexity index is 450. The van der Waals surface area contributed by atoms with Gasteiger partial charge >= 0.3 is 0 Å². The number of hydrogen-bond donors (Lipinski definition) is 1. The highest BCUT2D eigenvalue weighted by Crippen LogP contribution is 2.28. The minimum absolute atomic E-state index is 0.299. The number of nitrogens with zero attached hydrogens (tertiary/aromatic N) is 1. The van der Waals surface area contributed by atoms with Gasteiger partial charge in [-0.1, -0.05) is 13.8 Å². The first-order valence-corrected chi connectivity index (χ1v) is 6.88. The lowest BCUT2D eigenvalue weighted by Crippen LogP contribution is -2.20. The molecule has 2 nitrogen and oxygen atoms in total. The molecule has 2 aromatic heterocycles. The molecule has 0 amide bonds. The van der Waals surface area contributed by atoms with Gasteiger partial charge in [0.25, 0.3) is 0 Å². The normalized spacial score (nSPS) is 12.6. The van der Waals surface area contributed by atoms with Crippen LogP contribution in [0.5, 0.6) is 0 Å². The molecule has 0 aromatic carbocycles. The first kappa shape index (κ1) is 12.3. The number of hydrogen-bond acceptors (Lipinski definition) is 3. The van der Waals surface area contributed by atoms with Crippen molar-refractivity contribution in [1.82, 2.24) is 10.3 Å². The van der Waals surface area contributed by atoms with E-state index in [0.717, 1.165) is 13.0 Å². The maximum absolute atomic E-state index is 4.08. The van der Waals surface area contributed by atoms with Gasteiger partial charge in [0.15, 0.2) is 0 Å². The number of rotatable bonds is 5. The molecule has 1 N–H and O–H groups in total. The summed E-state index contributed by atoms with van der Waals surface area (Å²) in [6, 6.07) is 8.92. The molecule has 17 heavy (non-hydrogen) atoms. The second-order valence-electron chi connectivity index (χ2n) is 3.93. The first-order valence-electron chi connectivity index (χ1n) is 6.07. The van der Waals surface area contributed by atoms with E-state index < -0.39 is 0 Å².